The van der Waals surface area contributed by atoms with Crippen LogP contribution in [0.2, 0.25) is 0 Å². The highest BCUT2D eigenvalue weighted by atomic mass is 79.9. The number of aliphatic imine (C=N–C) groups is 1. The van der Waals surface area contributed by atoms with Crippen LogP contribution in [0, 0.1) is 5.82 Å². The van der Waals surface area contributed by atoms with E-state index in [9.17, 15) is 4.39 Å². The lowest BCUT2D eigenvalue weighted by molar-refractivity contribution is 0.616. The van der Waals surface area contributed by atoms with Crippen LogP contribution in [0.1, 0.15) is 24.6 Å². The molecule has 0 radical (unpaired) electrons. The van der Waals surface area contributed by atoms with Crippen LogP contribution in [-0.4, -0.2) is 30.0 Å². The van der Waals surface area contributed by atoms with Gasteiger partial charge < -0.3 is 10.6 Å². The molecule has 0 spiro atoms. The lowest BCUT2D eigenvalue weighted by atomic mass is 9.97. The Morgan fingerprint density at radius 3 is 2.97 bits per heavy atom. The summed E-state index contributed by atoms with van der Waals surface area (Å²) in [6.45, 7) is 8.00. The van der Waals surface area contributed by atoms with Crippen LogP contribution in [0.15, 0.2) is 51.2 Å². The zero-order valence-corrected chi connectivity index (χ0v) is 17.9. The van der Waals surface area contributed by atoms with Crippen LogP contribution in [0.3, 0.4) is 0 Å². The van der Waals surface area contributed by atoms with E-state index in [1.54, 1.807) is 6.07 Å². The zero-order chi connectivity index (χ0) is 20.4. The lowest BCUT2D eigenvalue weighted by Crippen LogP contribution is -2.29. The van der Waals surface area contributed by atoms with Crippen molar-refractivity contribution in [3.63, 3.8) is 0 Å². The number of aromatic nitrogens is 2. The van der Waals surface area contributed by atoms with Gasteiger partial charge in [0.2, 0.25) is 0 Å². The van der Waals surface area contributed by atoms with Crippen molar-refractivity contribution < 1.29 is 4.39 Å². The second-order valence-electron chi connectivity index (χ2n) is 7.07. The number of hydrogen-bond donors (Lipinski definition) is 3. The molecule has 0 bridgehead atoms. The van der Waals surface area contributed by atoms with Crippen molar-refractivity contribution in [2.75, 3.05) is 13.1 Å². The predicted octanol–water partition coefficient (Wildman–Crippen LogP) is 4.69. The van der Waals surface area contributed by atoms with Crippen LogP contribution in [-0.2, 0) is 13.0 Å². The first kappa shape index (κ1) is 19.8. The van der Waals surface area contributed by atoms with Gasteiger partial charge in [-0.15, -0.1) is 0 Å². The molecule has 0 saturated carbocycles. The van der Waals surface area contributed by atoms with Crippen molar-refractivity contribution in [2.24, 2.45) is 4.99 Å². The zero-order valence-electron chi connectivity index (χ0n) is 16.3. The van der Waals surface area contributed by atoms with Crippen molar-refractivity contribution in [1.82, 2.24) is 20.8 Å². The topological polar surface area (TPSA) is 65.1 Å². The van der Waals surface area contributed by atoms with Crippen LogP contribution in [0.5, 0.6) is 0 Å². The Labute approximate surface area is 177 Å². The van der Waals surface area contributed by atoms with Gasteiger partial charge >= 0.3 is 0 Å². The summed E-state index contributed by atoms with van der Waals surface area (Å²) in [7, 11) is 0. The minimum Gasteiger partial charge on any atom is -0.381 e. The summed E-state index contributed by atoms with van der Waals surface area (Å²) < 4.78 is 14.6. The van der Waals surface area contributed by atoms with Gasteiger partial charge in [-0.25, -0.2) is 4.39 Å². The minimum atomic E-state index is -0.256. The average molecular weight is 456 g/mol. The number of halogens is 2. The largest absolute Gasteiger partial charge is 0.381 e. The number of rotatable bonds is 6. The fourth-order valence-electron chi connectivity index (χ4n) is 3.73. The number of fused-ring (bicyclic) bond motifs is 1. The molecule has 4 rings (SSSR count). The molecule has 3 aromatic rings. The molecule has 0 amide bonds. The number of nitrogens with zero attached hydrogens (tertiary/aromatic N) is 2. The number of H-pyrrole nitrogens is 1. The average Bonchev–Trinajstić information content (AvgIpc) is 3.16. The monoisotopic (exact) mass is 455 g/mol. The third kappa shape index (κ3) is 3.97. The maximum Gasteiger partial charge on any atom is 0.138 e. The molecule has 29 heavy (non-hydrogen) atoms. The standard InChI is InChI=1S/C22H23BrFN5/c1-3-13-8-17(23)18(24)10-16(13)14-4-5-15-20(9-14)28-29-21(15)12-27-19-6-7-26-11-22(19)25-2/h4-5,8-10,26-27H,2-3,6-7,11-12H2,1H3,(H,28,29). The fraction of sp³-hybridized carbons (Fsp3) is 0.273. The third-order valence-electron chi connectivity index (χ3n) is 5.33. The molecular weight excluding hydrogens is 433 g/mol. The van der Waals surface area contributed by atoms with E-state index in [1.165, 1.54) is 0 Å². The quantitative estimate of drug-likeness (QED) is 0.472. The van der Waals surface area contributed by atoms with Crippen molar-refractivity contribution >= 4 is 33.6 Å². The highest BCUT2D eigenvalue weighted by Gasteiger charge is 2.14. The Balaban J connectivity index is 1.62. The number of hydrogen-bond acceptors (Lipinski definition) is 4. The summed E-state index contributed by atoms with van der Waals surface area (Å²) in [5.74, 6) is -0.256. The van der Waals surface area contributed by atoms with Crippen molar-refractivity contribution in [3.05, 3.63) is 63.3 Å². The molecule has 0 aliphatic carbocycles. The molecule has 2 aromatic carbocycles. The Morgan fingerprint density at radius 1 is 1.31 bits per heavy atom. The summed E-state index contributed by atoms with van der Waals surface area (Å²) in [6, 6.07) is 9.57. The number of benzene rings is 2. The molecule has 0 fully saturated rings. The van der Waals surface area contributed by atoms with E-state index in [0.717, 1.165) is 70.6 Å². The summed E-state index contributed by atoms with van der Waals surface area (Å²) in [4.78, 5) is 4.11. The fourth-order valence-corrected chi connectivity index (χ4v) is 4.12. The van der Waals surface area contributed by atoms with Gasteiger partial charge in [0.1, 0.15) is 5.82 Å². The summed E-state index contributed by atoms with van der Waals surface area (Å²) in [6.07, 6.45) is 1.73. The van der Waals surface area contributed by atoms with Crippen LogP contribution >= 0.6 is 15.9 Å². The summed E-state index contributed by atoms with van der Waals surface area (Å²) in [5, 5.41) is 15.4. The molecule has 0 saturated heterocycles. The van der Waals surface area contributed by atoms with Gasteiger partial charge in [-0.3, -0.25) is 10.1 Å². The molecule has 1 aromatic heterocycles. The predicted molar refractivity (Wildman–Crippen MR) is 119 cm³/mol. The van der Waals surface area contributed by atoms with Gasteiger partial charge in [0.25, 0.3) is 0 Å². The van der Waals surface area contributed by atoms with E-state index in [0.29, 0.717) is 11.0 Å². The van der Waals surface area contributed by atoms with E-state index in [2.05, 4.69) is 55.4 Å². The molecule has 7 heteroatoms. The Kier molecular flexibility index (Phi) is 5.78. The van der Waals surface area contributed by atoms with E-state index in [4.69, 9.17) is 0 Å². The van der Waals surface area contributed by atoms with Crippen molar-refractivity contribution in [3.8, 4) is 11.1 Å². The highest BCUT2D eigenvalue weighted by molar-refractivity contribution is 9.10. The molecule has 0 unspecified atom stereocenters. The molecular formula is C22H23BrFN5. The normalized spacial score (nSPS) is 14.4. The summed E-state index contributed by atoms with van der Waals surface area (Å²) in [5.41, 5.74) is 6.94. The smallest absolute Gasteiger partial charge is 0.138 e. The highest BCUT2D eigenvalue weighted by Crippen LogP contribution is 2.31. The lowest BCUT2D eigenvalue weighted by Gasteiger charge is -2.19. The molecule has 1 aliphatic rings. The number of aromatic amines is 1. The third-order valence-corrected chi connectivity index (χ3v) is 5.94. The first-order valence-electron chi connectivity index (χ1n) is 9.69. The Hall–Kier alpha value is -2.51. The minimum absolute atomic E-state index is 0.256. The van der Waals surface area contributed by atoms with E-state index in [-0.39, 0.29) is 5.82 Å². The van der Waals surface area contributed by atoms with Gasteiger partial charge in [0.05, 0.1) is 27.9 Å². The maximum absolute atomic E-state index is 14.1. The van der Waals surface area contributed by atoms with E-state index >= 15 is 0 Å². The second-order valence-corrected chi connectivity index (χ2v) is 7.93. The molecule has 5 nitrogen and oxygen atoms in total. The molecule has 3 N–H and O–H groups in total. The van der Waals surface area contributed by atoms with Gasteiger partial charge in [-0.1, -0.05) is 19.1 Å². The van der Waals surface area contributed by atoms with Gasteiger partial charge in [0.15, 0.2) is 0 Å². The van der Waals surface area contributed by atoms with E-state index in [1.807, 2.05) is 24.3 Å². The Bertz CT molecular complexity index is 1100. The van der Waals surface area contributed by atoms with Crippen LogP contribution in [0.4, 0.5) is 4.39 Å². The van der Waals surface area contributed by atoms with Gasteiger partial charge in [-0.2, -0.15) is 5.10 Å². The molecule has 0 atom stereocenters. The SMILES string of the molecule is C=NC1=C(NCc2n[nH]c3cc(-c4cc(F)c(Br)cc4CC)ccc23)CCNC1. The van der Waals surface area contributed by atoms with Crippen molar-refractivity contribution in [1.29, 1.82) is 0 Å². The summed E-state index contributed by atoms with van der Waals surface area (Å²) >= 11 is 3.28. The van der Waals surface area contributed by atoms with Crippen LogP contribution in [0.25, 0.3) is 22.0 Å². The molecule has 2 heterocycles. The van der Waals surface area contributed by atoms with Gasteiger partial charge in [-0.05, 0) is 64.0 Å². The number of aryl methyl sites for hydroxylation is 1. The number of nitrogens with one attached hydrogen (secondary N) is 3. The molecule has 150 valence electrons. The Morgan fingerprint density at radius 2 is 2.17 bits per heavy atom. The first-order valence-corrected chi connectivity index (χ1v) is 10.5. The van der Waals surface area contributed by atoms with Gasteiger partial charge in [0, 0.05) is 30.6 Å². The van der Waals surface area contributed by atoms with E-state index < -0.39 is 0 Å². The second kappa shape index (κ2) is 8.47. The first-order chi connectivity index (χ1) is 14.1. The molecule has 1 aliphatic heterocycles. The maximum atomic E-state index is 14.1. The van der Waals surface area contributed by atoms with Crippen LogP contribution < -0.4 is 10.6 Å². The van der Waals surface area contributed by atoms with Crippen molar-refractivity contribution in [2.45, 2.75) is 26.3 Å².